The Balaban J connectivity index is 0.000000479. The van der Waals surface area contributed by atoms with Gasteiger partial charge in [-0.15, -0.1) is 0 Å². The third-order valence-corrected chi connectivity index (χ3v) is 9.73. The molecule has 0 aromatic heterocycles. The minimum atomic E-state index is -2.21. The normalized spacial score (nSPS) is 10.3. The van der Waals surface area contributed by atoms with Gasteiger partial charge < -0.3 is 19.3 Å². The van der Waals surface area contributed by atoms with Crippen molar-refractivity contribution >= 4 is 63.1 Å². The molecule has 1 atom stereocenters. The maximum atomic E-state index is 12.9. The Morgan fingerprint density at radius 1 is 0.438 bits per heavy atom. The molecule has 0 aliphatic rings. The predicted octanol–water partition coefficient (Wildman–Crippen LogP) is 13.8. The predicted molar refractivity (Wildman–Crippen MR) is 253 cm³/mol. The summed E-state index contributed by atoms with van der Waals surface area (Å²) in [6.07, 6.45) is 0. The number of ether oxygens (including phenoxy) is 2. The minimum absolute atomic E-state index is 0. The van der Waals surface area contributed by atoms with Gasteiger partial charge in [-0.3, -0.25) is 4.79 Å². The fourth-order valence-electron chi connectivity index (χ4n) is 6.50. The molecule has 0 N–H and O–H groups in total. The Labute approximate surface area is 374 Å². The second-order valence-electron chi connectivity index (χ2n) is 13.9. The average molecular weight is 881 g/mol. The summed E-state index contributed by atoms with van der Waals surface area (Å²) < 4.78 is 72.7. The van der Waals surface area contributed by atoms with Crippen molar-refractivity contribution in [3.63, 3.8) is 0 Å². The first-order chi connectivity index (χ1) is 30.0. The van der Waals surface area contributed by atoms with Crippen molar-refractivity contribution in [1.29, 1.82) is 0 Å². The molecule has 8 aromatic rings. The Hall–Kier alpha value is -7.23. The number of hydrogen-bond acceptors (Lipinski definition) is 5. The van der Waals surface area contributed by atoms with Crippen LogP contribution in [0.3, 0.4) is 0 Å². The zero-order valence-electron chi connectivity index (χ0n) is 34.1. The van der Waals surface area contributed by atoms with Crippen LogP contribution in [0.1, 0.15) is 28.9 Å². The van der Waals surface area contributed by atoms with E-state index in [2.05, 4.69) is 90.4 Å². The molecule has 8 rings (SSSR count). The maximum Gasteiger partial charge on any atom is 0.200 e. The topological polar surface area (TPSA) is 42.0 Å². The molecule has 0 heterocycles. The van der Waals surface area contributed by atoms with Gasteiger partial charge in [0, 0.05) is 45.3 Å². The van der Waals surface area contributed by atoms with Gasteiger partial charge in [0.15, 0.2) is 34.9 Å². The molecule has 5 nitrogen and oxygen atoms in total. The van der Waals surface area contributed by atoms with Crippen LogP contribution in [-0.2, 0) is 0 Å². The van der Waals surface area contributed by atoms with E-state index in [1.165, 1.54) is 0 Å². The number of rotatable bonds is 11. The summed E-state index contributed by atoms with van der Waals surface area (Å²) in [7, 11) is 6.23. The Morgan fingerprint density at radius 2 is 0.734 bits per heavy atom. The number of carbonyl (C=O) groups excluding carboxylic acids is 1. The largest absolute Gasteiger partial charge is 0.497 e. The van der Waals surface area contributed by atoms with E-state index in [1.807, 2.05) is 104 Å². The summed E-state index contributed by atoms with van der Waals surface area (Å²) in [4.78, 5) is 17.4. The molecule has 0 amide bonds. The lowest BCUT2D eigenvalue weighted by Gasteiger charge is -2.28. The van der Waals surface area contributed by atoms with E-state index in [-0.39, 0.29) is 23.1 Å². The lowest BCUT2D eigenvalue weighted by atomic mass is 9.94. The van der Waals surface area contributed by atoms with Crippen molar-refractivity contribution in [3.05, 3.63) is 228 Å². The third-order valence-electron chi connectivity index (χ3n) is 9.73. The molecule has 0 spiro atoms. The number of hydrogen-bond donors (Lipinski definition) is 0. The highest BCUT2D eigenvalue weighted by atomic mass is 31.0. The standard InChI is InChI=1S/C45H36N2O3.C6BF5.CH4.H3P/c1-33-13-15-34(16-14-33)45(48)35-17-27-43(28-18-35)50-44-31-25-41(26-32-44)47(37-11-7-4-8-12-37)39-21-19-38(20-22-39)46(36-9-5-3-6-10-36)40-23-29-42(49-2)30-24-40;7-1-2(8)4(10)6(12)5(11)3(1)9;;/h3-32H,1-2H3;;1H4;1H3. The molecule has 0 aliphatic carbocycles. The molecular weight excluding hydrogens is 837 g/mol. The van der Waals surface area contributed by atoms with Crippen LogP contribution in [0, 0.1) is 36.0 Å². The van der Waals surface area contributed by atoms with E-state index in [9.17, 15) is 26.7 Å². The van der Waals surface area contributed by atoms with Crippen molar-refractivity contribution in [3.8, 4) is 17.2 Å². The number of halogens is 5. The molecule has 8 aromatic carbocycles. The molecule has 322 valence electrons. The fraction of sp³-hybridized carbons (Fsp3) is 0.0577. The Bertz CT molecular complexity index is 2660. The number of methoxy groups -OCH3 is 1. The number of ketones is 1. The third kappa shape index (κ3) is 10.9. The van der Waals surface area contributed by atoms with E-state index in [0.29, 0.717) is 22.6 Å². The lowest BCUT2D eigenvalue weighted by molar-refractivity contribution is 0.103. The van der Waals surface area contributed by atoms with Crippen LogP contribution in [0.2, 0.25) is 0 Å². The van der Waals surface area contributed by atoms with Crippen molar-refractivity contribution in [1.82, 2.24) is 0 Å². The van der Waals surface area contributed by atoms with Crippen LogP contribution >= 0.6 is 9.90 Å². The second-order valence-corrected chi connectivity index (χ2v) is 13.9. The van der Waals surface area contributed by atoms with E-state index in [1.54, 1.807) is 19.2 Å². The number of nitrogens with zero attached hydrogens (tertiary/aromatic N) is 2. The summed E-state index contributed by atoms with van der Waals surface area (Å²) in [5.41, 5.74) is 7.23. The van der Waals surface area contributed by atoms with Gasteiger partial charge >= 0.3 is 0 Å². The number of anilines is 6. The van der Waals surface area contributed by atoms with Crippen LogP contribution in [0.4, 0.5) is 56.1 Å². The fourth-order valence-corrected chi connectivity index (χ4v) is 6.50. The van der Waals surface area contributed by atoms with Crippen LogP contribution in [0.5, 0.6) is 17.2 Å². The molecule has 64 heavy (non-hydrogen) atoms. The SMILES string of the molecule is C.COc1ccc(N(c2ccccc2)c2ccc(N(c3ccccc3)c3ccc(Oc4ccc(C(=O)c5ccc(C)cc5)cc4)cc3)cc2)cc1.P.[B]c1c(F)c(F)c(F)c(F)c1F. The molecule has 2 radical (unpaired) electrons. The van der Waals surface area contributed by atoms with E-state index in [4.69, 9.17) is 9.47 Å². The highest BCUT2D eigenvalue weighted by molar-refractivity contribution is 6.92. The Kier molecular flexibility index (Phi) is 16.2. The summed E-state index contributed by atoms with van der Waals surface area (Å²) in [5, 5.41) is 0. The first-order valence-corrected chi connectivity index (χ1v) is 19.2. The molecule has 1 unspecified atom stereocenters. The summed E-state index contributed by atoms with van der Waals surface area (Å²) in [6, 6.07) is 60.3. The highest BCUT2D eigenvalue weighted by Crippen LogP contribution is 2.40. The van der Waals surface area contributed by atoms with Crippen LogP contribution in [0.25, 0.3) is 0 Å². The van der Waals surface area contributed by atoms with E-state index >= 15 is 0 Å². The highest BCUT2D eigenvalue weighted by Gasteiger charge is 2.22. The molecule has 0 saturated heterocycles. The Morgan fingerprint density at radius 3 is 1.11 bits per heavy atom. The molecule has 0 fully saturated rings. The molecule has 0 bridgehead atoms. The van der Waals surface area contributed by atoms with E-state index in [0.717, 1.165) is 45.4 Å². The van der Waals surface area contributed by atoms with Gasteiger partial charge in [0.1, 0.15) is 25.1 Å². The van der Waals surface area contributed by atoms with Gasteiger partial charge in [-0.05, 0) is 134 Å². The van der Waals surface area contributed by atoms with Gasteiger partial charge in [-0.2, -0.15) is 9.90 Å². The van der Waals surface area contributed by atoms with Crippen molar-refractivity contribution in [2.45, 2.75) is 14.4 Å². The van der Waals surface area contributed by atoms with E-state index < -0.39 is 34.5 Å². The first kappa shape index (κ1) is 47.8. The minimum Gasteiger partial charge on any atom is -0.497 e. The average Bonchev–Trinajstić information content (AvgIpc) is 3.32. The zero-order valence-corrected chi connectivity index (χ0v) is 35.5. The first-order valence-electron chi connectivity index (χ1n) is 19.2. The van der Waals surface area contributed by atoms with Gasteiger partial charge in [0.05, 0.1) is 7.11 Å². The summed E-state index contributed by atoms with van der Waals surface area (Å²) >= 11 is 0. The smallest absolute Gasteiger partial charge is 0.200 e. The van der Waals surface area contributed by atoms with Crippen molar-refractivity contribution < 1.29 is 36.2 Å². The van der Waals surface area contributed by atoms with Gasteiger partial charge in [-0.25, -0.2) is 22.0 Å². The van der Waals surface area contributed by atoms with Gasteiger partial charge in [0.25, 0.3) is 0 Å². The summed E-state index contributed by atoms with van der Waals surface area (Å²) in [6.45, 7) is 2.01. The summed E-state index contributed by atoms with van der Waals surface area (Å²) in [5.74, 6) is -8.13. The lowest BCUT2D eigenvalue weighted by Crippen LogP contribution is -2.20. The number of carbonyl (C=O) groups is 1. The van der Waals surface area contributed by atoms with Crippen LogP contribution < -0.4 is 24.7 Å². The van der Waals surface area contributed by atoms with Gasteiger partial charge in [-0.1, -0.05) is 73.7 Å². The second kappa shape index (κ2) is 21.7. The molecule has 0 aliphatic heterocycles. The number of para-hydroxylation sites is 2. The molecular formula is C52H43BF5N2O3P. The monoisotopic (exact) mass is 880 g/mol. The molecule has 12 heteroatoms. The van der Waals surface area contributed by atoms with Crippen LogP contribution in [0.15, 0.2) is 182 Å². The number of aryl methyl sites for hydroxylation is 1. The zero-order chi connectivity index (χ0) is 43.8. The maximum absolute atomic E-state index is 12.9. The quantitative estimate of drug-likeness (QED) is 0.0323. The van der Waals surface area contributed by atoms with Crippen LogP contribution in [-0.4, -0.2) is 20.7 Å². The van der Waals surface area contributed by atoms with Crippen molar-refractivity contribution in [2.24, 2.45) is 0 Å². The number of benzene rings is 8. The van der Waals surface area contributed by atoms with Crippen molar-refractivity contribution in [2.75, 3.05) is 16.9 Å². The molecule has 0 saturated carbocycles. The van der Waals surface area contributed by atoms with Gasteiger partial charge in [0.2, 0.25) is 0 Å².